The van der Waals surface area contributed by atoms with Crippen LogP contribution in [0.1, 0.15) is 12.5 Å². The van der Waals surface area contributed by atoms with E-state index in [9.17, 15) is 4.79 Å². The Bertz CT molecular complexity index is 720. The molecule has 0 aliphatic carbocycles. The predicted molar refractivity (Wildman–Crippen MR) is 89.3 cm³/mol. The second kappa shape index (κ2) is 6.80. The van der Waals surface area contributed by atoms with Gasteiger partial charge in [-0.15, -0.1) is 0 Å². The van der Waals surface area contributed by atoms with Crippen molar-refractivity contribution >= 4 is 17.7 Å². The maximum Gasteiger partial charge on any atom is 0.331 e. The van der Waals surface area contributed by atoms with Gasteiger partial charge in [0.1, 0.15) is 5.75 Å². The van der Waals surface area contributed by atoms with Crippen LogP contribution in [0.4, 0.5) is 5.69 Å². The molecular formula is C18H19NO3. The maximum atomic E-state index is 10.9. The highest BCUT2D eigenvalue weighted by atomic mass is 16.5. The van der Waals surface area contributed by atoms with Gasteiger partial charge in [-0.25, -0.2) is 4.79 Å². The molecule has 114 valence electrons. The molecule has 4 nitrogen and oxygen atoms in total. The topological polar surface area (TPSA) is 58.6 Å². The van der Waals surface area contributed by atoms with Crippen molar-refractivity contribution in [2.45, 2.75) is 6.92 Å². The first-order chi connectivity index (χ1) is 10.5. The first-order valence-corrected chi connectivity index (χ1v) is 6.93. The number of aliphatic carboxylic acids is 1. The van der Waals surface area contributed by atoms with Gasteiger partial charge in [0.25, 0.3) is 0 Å². The molecular weight excluding hydrogens is 278 g/mol. The number of carbonyl (C=O) groups is 1. The number of carboxylic acids is 1. The van der Waals surface area contributed by atoms with Crippen molar-refractivity contribution < 1.29 is 14.6 Å². The lowest BCUT2D eigenvalue weighted by Gasteiger charge is -2.11. The molecule has 2 aromatic rings. The van der Waals surface area contributed by atoms with Crippen LogP contribution in [0.2, 0.25) is 0 Å². The molecule has 0 fully saturated rings. The van der Waals surface area contributed by atoms with Gasteiger partial charge >= 0.3 is 5.97 Å². The first-order valence-electron chi connectivity index (χ1n) is 6.93. The van der Waals surface area contributed by atoms with Crippen LogP contribution >= 0.6 is 0 Å². The quantitative estimate of drug-likeness (QED) is 0.822. The maximum absolute atomic E-state index is 10.9. The van der Waals surface area contributed by atoms with E-state index in [4.69, 9.17) is 9.84 Å². The van der Waals surface area contributed by atoms with Crippen molar-refractivity contribution in [1.29, 1.82) is 0 Å². The van der Waals surface area contributed by atoms with E-state index in [1.165, 1.54) is 0 Å². The average Bonchev–Trinajstić information content (AvgIpc) is 2.54. The summed E-state index contributed by atoms with van der Waals surface area (Å²) >= 11 is 0. The standard InChI is InChI=1S/C18H19NO3/c1-12(18(20)21)9-13-7-8-16(17(10-13)22-3)14-5-4-6-15(11-14)19-2/h4-11,19H,1-3H3,(H,20,21)/b12-9+. The number of nitrogens with one attached hydrogen (secondary N) is 1. The molecule has 0 aliphatic heterocycles. The Morgan fingerprint density at radius 1 is 1.23 bits per heavy atom. The minimum atomic E-state index is -0.926. The highest BCUT2D eigenvalue weighted by Crippen LogP contribution is 2.32. The zero-order valence-electron chi connectivity index (χ0n) is 12.9. The summed E-state index contributed by atoms with van der Waals surface area (Å²) < 4.78 is 5.46. The fraction of sp³-hybridized carbons (Fsp3) is 0.167. The van der Waals surface area contributed by atoms with E-state index in [0.29, 0.717) is 5.75 Å². The number of carboxylic acid groups (broad SMARTS) is 1. The van der Waals surface area contributed by atoms with Gasteiger partial charge in [-0.1, -0.05) is 24.3 Å². The highest BCUT2D eigenvalue weighted by Gasteiger charge is 2.08. The third-order valence-corrected chi connectivity index (χ3v) is 3.41. The fourth-order valence-corrected chi connectivity index (χ4v) is 2.19. The smallest absolute Gasteiger partial charge is 0.331 e. The van der Waals surface area contributed by atoms with Crippen LogP contribution in [0.3, 0.4) is 0 Å². The minimum Gasteiger partial charge on any atom is -0.496 e. The van der Waals surface area contributed by atoms with Crippen molar-refractivity contribution in [2.24, 2.45) is 0 Å². The summed E-state index contributed by atoms with van der Waals surface area (Å²) in [6.07, 6.45) is 1.62. The van der Waals surface area contributed by atoms with Crippen LogP contribution in [0.25, 0.3) is 17.2 Å². The first kappa shape index (κ1) is 15.6. The van der Waals surface area contributed by atoms with E-state index in [0.717, 1.165) is 22.4 Å². The van der Waals surface area contributed by atoms with Gasteiger partial charge in [0, 0.05) is 23.9 Å². The number of benzene rings is 2. The Kier molecular flexibility index (Phi) is 4.84. The zero-order chi connectivity index (χ0) is 16.1. The van der Waals surface area contributed by atoms with Crippen LogP contribution in [-0.2, 0) is 4.79 Å². The summed E-state index contributed by atoms with van der Waals surface area (Å²) in [6, 6.07) is 13.7. The number of rotatable bonds is 5. The number of hydrogen-bond acceptors (Lipinski definition) is 3. The molecule has 0 saturated heterocycles. The van der Waals surface area contributed by atoms with Crippen LogP contribution in [0.15, 0.2) is 48.0 Å². The van der Waals surface area contributed by atoms with E-state index < -0.39 is 5.97 Å². The van der Waals surface area contributed by atoms with Gasteiger partial charge in [0.15, 0.2) is 0 Å². The largest absolute Gasteiger partial charge is 0.496 e. The molecule has 0 aliphatic rings. The van der Waals surface area contributed by atoms with E-state index in [2.05, 4.69) is 5.32 Å². The molecule has 0 amide bonds. The zero-order valence-corrected chi connectivity index (χ0v) is 12.9. The molecule has 0 radical (unpaired) electrons. The van der Waals surface area contributed by atoms with Crippen molar-refractivity contribution in [1.82, 2.24) is 0 Å². The fourth-order valence-electron chi connectivity index (χ4n) is 2.19. The van der Waals surface area contributed by atoms with Gasteiger partial charge in [-0.05, 0) is 42.3 Å². The summed E-state index contributed by atoms with van der Waals surface area (Å²) in [5, 5.41) is 12.1. The summed E-state index contributed by atoms with van der Waals surface area (Å²) in [7, 11) is 3.48. The minimum absolute atomic E-state index is 0.284. The van der Waals surface area contributed by atoms with Crippen molar-refractivity contribution in [3.8, 4) is 16.9 Å². The van der Waals surface area contributed by atoms with Gasteiger partial charge < -0.3 is 15.2 Å². The lowest BCUT2D eigenvalue weighted by molar-refractivity contribution is -0.132. The van der Waals surface area contributed by atoms with Crippen LogP contribution in [0, 0.1) is 0 Å². The predicted octanol–water partition coefficient (Wildman–Crippen LogP) is 3.89. The Labute approximate surface area is 130 Å². The van der Waals surface area contributed by atoms with Gasteiger partial charge in [0.2, 0.25) is 0 Å². The van der Waals surface area contributed by atoms with Crippen LogP contribution in [-0.4, -0.2) is 25.2 Å². The molecule has 0 heterocycles. The Hall–Kier alpha value is -2.75. The normalized spacial score (nSPS) is 11.1. The van der Waals surface area contributed by atoms with Gasteiger partial charge in [0.05, 0.1) is 7.11 Å². The van der Waals surface area contributed by atoms with E-state index in [-0.39, 0.29) is 5.57 Å². The van der Waals surface area contributed by atoms with Gasteiger partial charge in [-0.2, -0.15) is 0 Å². The van der Waals surface area contributed by atoms with E-state index in [1.54, 1.807) is 20.1 Å². The molecule has 0 saturated carbocycles. The summed E-state index contributed by atoms with van der Waals surface area (Å²) in [6.45, 7) is 1.57. The number of hydrogen-bond donors (Lipinski definition) is 2. The summed E-state index contributed by atoms with van der Waals surface area (Å²) in [5.74, 6) is -0.218. The number of methoxy groups -OCH3 is 1. The number of ether oxygens (including phenoxy) is 1. The molecule has 4 heteroatoms. The molecule has 2 rings (SSSR count). The van der Waals surface area contributed by atoms with Gasteiger partial charge in [-0.3, -0.25) is 0 Å². The second-order valence-electron chi connectivity index (χ2n) is 4.92. The van der Waals surface area contributed by atoms with Crippen molar-refractivity contribution in [2.75, 3.05) is 19.5 Å². The summed E-state index contributed by atoms with van der Waals surface area (Å²) in [5.41, 5.74) is 4.10. The molecule has 0 spiro atoms. The van der Waals surface area contributed by atoms with Crippen molar-refractivity contribution in [3.63, 3.8) is 0 Å². The molecule has 0 bridgehead atoms. The monoisotopic (exact) mass is 297 g/mol. The van der Waals surface area contributed by atoms with Crippen molar-refractivity contribution in [3.05, 3.63) is 53.6 Å². The highest BCUT2D eigenvalue weighted by molar-refractivity contribution is 5.91. The lowest BCUT2D eigenvalue weighted by Crippen LogP contribution is -1.96. The van der Waals surface area contributed by atoms with Crippen LogP contribution in [0.5, 0.6) is 5.75 Å². The molecule has 2 aromatic carbocycles. The second-order valence-corrected chi connectivity index (χ2v) is 4.92. The Morgan fingerprint density at radius 2 is 2.00 bits per heavy atom. The molecule has 0 unspecified atom stereocenters. The SMILES string of the molecule is CNc1cccc(-c2ccc(/C=C(\C)C(=O)O)cc2OC)c1. The summed E-state index contributed by atoms with van der Waals surface area (Å²) in [4.78, 5) is 10.9. The Balaban J connectivity index is 2.46. The third-order valence-electron chi connectivity index (χ3n) is 3.41. The van der Waals surface area contributed by atoms with E-state index >= 15 is 0 Å². The Morgan fingerprint density at radius 3 is 2.64 bits per heavy atom. The molecule has 22 heavy (non-hydrogen) atoms. The third kappa shape index (κ3) is 3.47. The molecule has 0 atom stereocenters. The van der Waals surface area contributed by atoms with E-state index in [1.807, 2.05) is 49.5 Å². The number of anilines is 1. The average molecular weight is 297 g/mol. The molecule has 0 aromatic heterocycles. The van der Waals surface area contributed by atoms with Crippen LogP contribution < -0.4 is 10.1 Å². The molecule has 2 N–H and O–H groups in total. The lowest BCUT2D eigenvalue weighted by atomic mass is 10.0.